The van der Waals surface area contributed by atoms with Crippen LogP contribution in [-0.4, -0.2) is 74.2 Å². The molecule has 0 aliphatic carbocycles. The number of likely N-dealkylation sites (tertiary alicyclic amines) is 2. The number of alkyl halides is 3. The minimum Gasteiger partial charge on any atom is -0.447 e. The third kappa shape index (κ3) is 3.57. The highest BCUT2D eigenvalue weighted by molar-refractivity contribution is 7.92. The lowest BCUT2D eigenvalue weighted by molar-refractivity contribution is -0.0436. The van der Waals surface area contributed by atoms with Gasteiger partial charge in [-0.3, -0.25) is 0 Å². The van der Waals surface area contributed by atoms with Crippen LogP contribution in [0.1, 0.15) is 24.3 Å². The van der Waals surface area contributed by atoms with E-state index in [9.17, 15) is 31.2 Å². The minimum atomic E-state index is -5.36. The van der Waals surface area contributed by atoms with Crippen LogP contribution >= 0.6 is 0 Å². The highest BCUT2D eigenvalue weighted by Gasteiger charge is 2.52. The van der Waals surface area contributed by atoms with Gasteiger partial charge >= 0.3 is 17.6 Å². The van der Waals surface area contributed by atoms with Crippen LogP contribution in [0, 0.1) is 0 Å². The number of urea groups is 1. The maximum atomic E-state index is 12.7. The Morgan fingerprint density at radius 3 is 2.20 bits per heavy atom. The van der Waals surface area contributed by atoms with Crippen LogP contribution in [-0.2, 0) is 14.6 Å². The summed E-state index contributed by atoms with van der Waals surface area (Å²) in [5, 5.41) is 2.72. The number of carbonyl (C=O) groups is 2. The number of cyclic esters (lactones) is 1. The van der Waals surface area contributed by atoms with Gasteiger partial charge in [-0.05, 0) is 36.5 Å². The SMILES string of the molecule is O=C1NC2(CO1)CN(C(=O)N1CCC(c3ccc(S(=O)(=O)C(F)(F)F)cc3)CC1)C2. The molecule has 1 aromatic rings. The molecular formula is C18H20F3N3O5S. The number of nitrogens with zero attached hydrogens (tertiary/aromatic N) is 2. The van der Waals surface area contributed by atoms with E-state index in [-0.39, 0.29) is 18.6 Å². The van der Waals surface area contributed by atoms with Crippen molar-refractivity contribution in [2.45, 2.75) is 34.7 Å². The van der Waals surface area contributed by atoms with Crippen molar-refractivity contribution in [1.82, 2.24) is 15.1 Å². The molecule has 3 aliphatic heterocycles. The van der Waals surface area contributed by atoms with Gasteiger partial charge < -0.3 is 19.9 Å². The Balaban J connectivity index is 1.32. The smallest absolute Gasteiger partial charge is 0.447 e. The number of alkyl carbamates (subject to hydrolysis) is 1. The summed E-state index contributed by atoms with van der Waals surface area (Å²) in [4.78, 5) is 26.4. The van der Waals surface area contributed by atoms with Crippen molar-refractivity contribution >= 4 is 22.0 Å². The molecule has 0 saturated carbocycles. The molecule has 1 spiro atoms. The highest BCUT2D eigenvalue weighted by Crippen LogP contribution is 2.34. The van der Waals surface area contributed by atoms with Crippen molar-refractivity contribution < 1.29 is 35.9 Å². The Morgan fingerprint density at radius 1 is 1.10 bits per heavy atom. The molecule has 4 rings (SSSR count). The van der Waals surface area contributed by atoms with Gasteiger partial charge in [-0.15, -0.1) is 0 Å². The first-order valence-electron chi connectivity index (χ1n) is 9.41. The van der Waals surface area contributed by atoms with Gasteiger partial charge in [-0.1, -0.05) is 12.1 Å². The van der Waals surface area contributed by atoms with E-state index in [1.807, 2.05) is 0 Å². The van der Waals surface area contributed by atoms with E-state index in [2.05, 4.69) is 5.32 Å². The second kappa shape index (κ2) is 7.03. The van der Waals surface area contributed by atoms with E-state index >= 15 is 0 Å². The highest BCUT2D eigenvalue weighted by atomic mass is 32.2. The molecular weight excluding hydrogens is 427 g/mol. The van der Waals surface area contributed by atoms with E-state index in [0.717, 1.165) is 17.7 Å². The summed E-state index contributed by atoms with van der Waals surface area (Å²) in [6.45, 7) is 2.01. The molecule has 3 saturated heterocycles. The standard InChI is InChI=1S/C18H20F3N3O5S/c19-18(20,21)30(27,28)14-3-1-12(2-4-14)13-5-7-23(8-6-13)16(26)24-9-17(10-24)11-29-15(25)22-17/h1-4,13H,5-11H2,(H,22,25). The number of rotatable bonds is 2. The van der Waals surface area contributed by atoms with Crippen molar-refractivity contribution in [3.8, 4) is 0 Å². The number of benzene rings is 1. The number of amides is 3. The Kier molecular flexibility index (Phi) is 4.87. The number of halogens is 3. The molecule has 0 aromatic heterocycles. The molecule has 30 heavy (non-hydrogen) atoms. The first-order chi connectivity index (χ1) is 14.0. The second-order valence-corrected chi connectivity index (χ2v) is 9.84. The van der Waals surface area contributed by atoms with Crippen LogP contribution in [0.2, 0.25) is 0 Å². The first-order valence-corrected chi connectivity index (χ1v) is 10.9. The molecule has 1 N–H and O–H groups in total. The van der Waals surface area contributed by atoms with E-state index in [4.69, 9.17) is 4.74 Å². The van der Waals surface area contributed by atoms with Crippen LogP contribution in [0.4, 0.5) is 22.8 Å². The molecule has 0 unspecified atom stereocenters. The average Bonchev–Trinajstić information content (AvgIpc) is 3.08. The Bertz CT molecular complexity index is 950. The number of nitrogens with one attached hydrogen (secondary N) is 1. The average molecular weight is 447 g/mol. The van der Waals surface area contributed by atoms with Gasteiger partial charge in [0.25, 0.3) is 9.84 Å². The number of hydrogen-bond acceptors (Lipinski definition) is 5. The zero-order valence-corrected chi connectivity index (χ0v) is 16.6. The molecule has 12 heteroatoms. The monoisotopic (exact) mass is 447 g/mol. The molecule has 3 aliphatic rings. The summed E-state index contributed by atoms with van der Waals surface area (Å²) in [5.41, 5.74) is -5.07. The second-order valence-electron chi connectivity index (χ2n) is 7.90. The van der Waals surface area contributed by atoms with Gasteiger partial charge in [0.2, 0.25) is 0 Å². The molecule has 0 radical (unpaired) electrons. The minimum absolute atomic E-state index is 0.0296. The van der Waals surface area contributed by atoms with Crippen molar-refractivity contribution in [3.05, 3.63) is 29.8 Å². The fraction of sp³-hybridized carbons (Fsp3) is 0.556. The van der Waals surface area contributed by atoms with Crippen LogP contribution in [0.5, 0.6) is 0 Å². The fourth-order valence-corrected chi connectivity index (χ4v) is 4.90. The molecule has 8 nitrogen and oxygen atoms in total. The van der Waals surface area contributed by atoms with E-state index in [0.29, 0.717) is 39.0 Å². The zero-order valence-electron chi connectivity index (χ0n) is 15.8. The third-order valence-electron chi connectivity index (χ3n) is 5.84. The first kappa shape index (κ1) is 20.8. The van der Waals surface area contributed by atoms with Gasteiger partial charge in [-0.25, -0.2) is 18.0 Å². The van der Waals surface area contributed by atoms with Crippen molar-refractivity contribution in [1.29, 1.82) is 0 Å². The van der Waals surface area contributed by atoms with Gasteiger partial charge in [0.15, 0.2) is 0 Å². The maximum Gasteiger partial charge on any atom is 0.501 e. The summed E-state index contributed by atoms with van der Waals surface area (Å²) >= 11 is 0. The van der Waals surface area contributed by atoms with Crippen molar-refractivity contribution in [3.63, 3.8) is 0 Å². The quantitative estimate of drug-likeness (QED) is 0.749. The maximum absolute atomic E-state index is 12.7. The van der Waals surface area contributed by atoms with Gasteiger partial charge in [0.05, 0.1) is 18.0 Å². The lowest BCUT2D eigenvalue weighted by Crippen LogP contribution is -2.71. The lowest BCUT2D eigenvalue weighted by Gasteiger charge is -2.48. The Hall–Kier alpha value is -2.50. The van der Waals surface area contributed by atoms with Crippen molar-refractivity contribution in [2.24, 2.45) is 0 Å². The number of ether oxygens (including phenoxy) is 1. The molecule has 3 heterocycles. The van der Waals surface area contributed by atoms with Crippen LogP contribution in [0.25, 0.3) is 0 Å². The van der Waals surface area contributed by atoms with Gasteiger partial charge in [0.1, 0.15) is 12.1 Å². The number of piperidine rings is 1. The number of sulfone groups is 1. The lowest BCUT2D eigenvalue weighted by atomic mass is 9.89. The molecule has 164 valence electrons. The van der Waals surface area contributed by atoms with Gasteiger partial charge in [-0.2, -0.15) is 13.2 Å². The largest absolute Gasteiger partial charge is 0.501 e. The van der Waals surface area contributed by atoms with Crippen LogP contribution in [0.3, 0.4) is 0 Å². The Morgan fingerprint density at radius 2 is 1.70 bits per heavy atom. The summed E-state index contributed by atoms with van der Waals surface area (Å²) in [6, 6.07) is 4.65. The van der Waals surface area contributed by atoms with E-state index in [1.54, 1.807) is 9.80 Å². The fourth-order valence-electron chi connectivity index (χ4n) is 4.14. The summed E-state index contributed by atoms with van der Waals surface area (Å²) in [5.74, 6) is 0.0296. The normalized spacial score (nSPS) is 21.9. The molecule has 3 fully saturated rings. The molecule has 0 atom stereocenters. The Labute approximate surface area is 170 Å². The topological polar surface area (TPSA) is 96.0 Å². The van der Waals surface area contributed by atoms with E-state index < -0.39 is 31.9 Å². The summed E-state index contributed by atoms with van der Waals surface area (Å²) in [6.07, 6.45) is 0.767. The third-order valence-corrected chi connectivity index (χ3v) is 7.34. The van der Waals surface area contributed by atoms with Crippen LogP contribution < -0.4 is 5.32 Å². The predicted molar refractivity (Wildman–Crippen MR) is 97.4 cm³/mol. The summed E-state index contributed by atoms with van der Waals surface area (Å²) < 4.78 is 65.8. The summed E-state index contributed by atoms with van der Waals surface area (Å²) in [7, 11) is -5.36. The zero-order chi connectivity index (χ0) is 21.7. The molecule has 1 aromatic carbocycles. The van der Waals surface area contributed by atoms with Gasteiger partial charge in [0, 0.05) is 13.1 Å². The number of carbonyl (C=O) groups excluding carboxylic acids is 2. The van der Waals surface area contributed by atoms with Crippen LogP contribution in [0.15, 0.2) is 29.2 Å². The van der Waals surface area contributed by atoms with Crippen molar-refractivity contribution in [2.75, 3.05) is 32.8 Å². The van der Waals surface area contributed by atoms with E-state index in [1.165, 1.54) is 12.1 Å². The molecule has 3 amide bonds. The molecule has 0 bridgehead atoms. The number of hydrogen-bond donors (Lipinski definition) is 1. The predicted octanol–water partition coefficient (Wildman–Crippen LogP) is 2.07.